The lowest BCUT2D eigenvalue weighted by molar-refractivity contribution is -0.924. The van der Waals surface area contributed by atoms with Gasteiger partial charge in [0.2, 0.25) is 0 Å². The lowest BCUT2D eigenvalue weighted by atomic mass is 9.97. The van der Waals surface area contributed by atoms with Crippen molar-refractivity contribution in [1.29, 1.82) is 0 Å². The van der Waals surface area contributed by atoms with Gasteiger partial charge < -0.3 is 40.9 Å². The van der Waals surface area contributed by atoms with Crippen molar-refractivity contribution in [3.63, 3.8) is 0 Å². The Kier molecular flexibility index (Phi) is 70.2. The first-order chi connectivity index (χ1) is 61.8. The Morgan fingerprint density at radius 2 is 0.519 bits per heavy atom. The number of quaternary nitrogens is 7. The molecule has 16 heteroatoms. The minimum absolute atomic E-state index is 0.132. The lowest BCUT2D eigenvalue weighted by Gasteiger charge is -2.38. The highest BCUT2D eigenvalue weighted by Gasteiger charge is 2.28. The molecule has 7 aromatic carbocycles. The van der Waals surface area contributed by atoms with Crippen LogP contribution in [-0.2, 0) is 63.6 Å². The third kappa shape index (κ3) is 63.0. The number of carbonyl (C=O) groups excluding carboxylic acids is 2. The summed E-state index contributed by atoms with van der Waals surface area (Å²) in [5.74, 6) is 12.3. The standard InChI is InChI=1S/C19H34NS.2C18H32NS.C16H26NO2.C16H28NS.C13H20NO2.C13H22NS/c1-4-7-15-20(6-3,14-5-2)16-18-21-17-13-19-11-9-8-10-12-19;1-4-13-19(6-3,14-5-2)15-17-20-16-12-18-10-8-7-9-11-18;1-4-7-14-19(6-3,13-5-2)15-16-20-17-18-11-9-8-10-12-18;1-16(2,3)15(18)19-12-11-17(4,5)13-14-9-7-6-8-10-14;1-4-17(5-2,6-3)13-15-18-14-12-16-10-8-7-9-11-16;1-12(15)16-10-9-14(2,3)11-13-7-5-4-6-8-13;1-14(2,3)10-12-15-11-9-13-7-5-4-6-8-13/h8-12H,4-7,13-18H2,1-3H3;7-11H,4-6,12-17H2,1-3H3;8-12H,4-7,13-17H2,1-3H3;6-10H,11-13H2,1-5H3;7-11H,4-6,12-15H2,1-3H3;4-8H,9-11H2,1-3H3;4-8H,9-12H2,1-3H3/q7*+1. The van der Waals surface area contributed by atoms with Gasteiger partial charge in [0.05, 0.1) is 166 Å². The summed E-state index contributed by atoms with van der Waals surface area (Å²) in [7, 11) is 15.3. The molecular formula is C113H194N7O4S5+7. The van der Waals surface area contributed by atoms with Gasteiger partial charge >= 0.3 is 11.9 Å². The topological polar surface area (TPSA) is 52.6 Å². The smallest absolute Gasteiger partial charge is 0.311 e. The predicted octanol–water partition coefficient (Wildman–Crippen LogP) is 25.8. The summed E-state index contributed by atoms with van der Waals surface area (Å²) in [6, 6.07) is 74.8. The Labute approximate surface area is 817 Å². The van der Waals surface area contributed by atoms with Gasteiger partial charge in [-0.05, 0) is 177 Å². The van der Waals surface area contributed by atoms with Crippen molar-refractivity contribution >= 4 is 70.7 Å². The van der Waals surface area contributed by atoms with Gasteiger partial charge in [-0.15, -0.1) is 0 Å². The number of unbranched alkanes of at least 4 members (excludes halogenated alkanes) is 2. The predicted molar refractivity (Wildman–Crippen MR) is 581 cm³/mol. The summed E-state index contributed by atoms with van der Waals surface area (Å²) < 4.78 is 18.2. The zero-order valence-electron chi connectivity index (χ0n) is 86.8. The fourth-order valence-electron chi connectivity index (χ4n) is 15.7. The van der Waals surface area contributed by atoms with E-state index in [1.807, 2.05) is 45.0 Å². The van der Waals surface area contributed by atoms with E-state index in [9.17, 15) is 9.59 Å². The van der Waals surface area contributed by atoms with Gasteiger partial charge in [0.1, 0.15) is 39.4 Å². The Morgan fingerprint density at radius 3 is 0.775 bits per heavy atom. The summed E-state index contributed by atoms with van der Waals surface area (Å²) in [5.41, 5.74) is 9.50. The van der Waals surface area contributed by atoms with E-state index in [4.69, 9.17) is 9.47 Å². The quantitative estimate of drug-likeness (QED) is 0.0211. The lowest BCUT2D eigenvalue weighted by Crippen LogP contribution is -2.50. The molecule has 0 saturated heterocycles. The van der Waals surface area contributed by atoms with E-state index in [0.29, 0.717) is 13.2 Å². The molecule has 129 heavy (non-hydrogen) atoms. The molecule has 0 aromatic heterocycles. The van der Waals surface area contributed by atoms with Gasteiger partial charge in [0.15, 0.2) is 0 Å². The summed E-state index contributed by atoms with van der Waals surface area (Å²) in [6.45, 7) is 62.0. The summed E-state index contributed by atoms with van der Waals surface area (Å²) in [6.07, 6.45) is 15.4. The number of aryl methyl sites for hydroxylation is 4. The molecule has 7 rings (SSSR count). The van der Waals surface area contributed by atoms with Crippen LogP contribution in [0.25, 0.3) is 0 Å². The van der Waals surface area contributed by atoms with Crippen molar-refractivity contribution in [1.82, 2.24) is 0 Å². The number of benzene rings is 7. The highest BCUT2D eigenvalue weighted by atomic mass is 32.2. The van der Waals surface area contributed by atoms with E-state index in [1.165, 1.54) is 304 Å². The van der Waals surface area contributed by atoms with Crippen molar-refractivity contribution in [2.45, 2.75) is 207 Å². The first kappa shape index (κ1) is 122. The number of likely N-dealkylation sites (N-methyl/N-ethyl adjacent to an activating group) is 2. The third-order valence-electron chi connectivity index (χ3n) is 24.6. The largest absolute Gasteiger partial charge is 0.460 e. The van der Waals surface area contributed by atoms with Crippen molar-refractivity contribution < 1.29 is 50.4 Å². The number of thioether (sulfide) groups is 5. The molecule has 0 saturated carbocycles. The van der Waals surface area contributed by atoms with E-state index in [-0.39, 0.29) is 11.9 Å². The summed E-state index contributed by atoms with van der Waals surface area (Å²) >= 11 is 10.5. The van der Waals surface area contributed by atoms with Gasteiger partial charge in [-0.3, -0.25) is 9.59 Å². The Morgan fingerprint density at radius 1 is 0.271 bits per heavy atom. The molecule has 7 aromatic rings. The van der Waals surface area contributed by atoms with Crippen LogP contribution in [0.4, 0.5) is 0 Å². The first-order valence-corrected chi connectivity index (χ1v) is 55.9. The zero-order valence-corrected chi connectivity index (χ0v) is 90.9. The minimum atomic E-state index is -0.420. The Balaban J connectivity index is 0.000000754. The maximum Gasteiger partial charge on any atom is 0.311 e. The van der Waals surface area contributed by atoms with Gasteiger partial charge in [0, 0.05) is 52.6 Å². The second-order valence-electron chi connectivity index (χ2n) is 38.5. The normalized spacial score (nSPS) is 12.5. The Bertz CT molecular complexity index is 3690. The fourth-order valence-corrected chi connectivity index (χ4v) is 21.3. The van der Waals surface area contributed by atoms with Crippen molar-refractivity contribution in [3.05, 3.63) is 251 Å². The number of ether oxygens (including phenoxy) is 2. The molecule has 0 aliphatic heterocycles. The van der Waals surface area contributed by atoms with Gasteiger partial charge in [-0.1, -0.05) is 267 Å². The average molecular weight is 1880 g/mol. The molecule has 0 spiro atoms. The van der Waals surface area contributed by atoms with Crippen LogP contribution in [0.15, 0.2) is 212 Å². The monoisotopic (exact) mass is 1870 g/mol. The second kappa shape index (κ2) is 74.2. The number of carbonyl (C=O) groups is 2. The highest BCUT2D eigenvalue weighted by molar-refractivity contribution is 8.00. The molecule has 728 valence electrons. The van der Waals surface area contributed by atoms with Gasteiger partial charge in [-0.25, -0.2) is 0 Å². The second-order valence-corrected chi connectivity index (χ2v) is 44.5. The molecular weight excluding hydrogens is 1680 g/mol. The number of rotatable bonds is 59. The molecule has 0 aliphatic carbocycles. The molecule has 0 N–H and O–H groups in total. The molecule has 11 nitrogen and oxygen atoms in total. The van der Waals surface area contributed by atoms with Crippen LogP contribution in [0.5, 0.6) is 0 Å². The molecule has 2 unspecified atom stereocenters. The number of hydrogen-bond acceptors (Lipinski definition) is 9. The number of esters is 2. The van der Waals surface area contributed by atoms with Crippen LogP contribution in [-0.4, -0.2) is 282 Å². The van der Waals surface area contributed by atoms with E-state index >= 15 is 0 Å². The van der Waals surface area contributed by atoms with Gasteiger partial charge in [0.25, 0.3) is 0 Å². The van der Waals surface area contributed by atoms with Gasteiger partial charge in [-0.2, -0.15) is 58.8 Å². The van der Waals surface area contributed by atoms with Crippen LogP contribution >= 0.6 is 58.8 Å². The van der Waals surface area contributed by atoms with Crippen LogP contribution in [0.3, 0.4) is 0 Å². The maximum atomic E-state index is 11.7. The molecule has 0 bridgehead atoms. The van der Waals surface area contributed by atoms with Crippen molar-refractivity contribution in [2.24, 2.45) is 5.41 Å². The molecule has 0 aliphatic rings. The molecule has 0 radical (unpaired) electrons. The summed E-state index contributed by atoms with van der Waals surface area (Å²) in [5, 5.41) is 0. The van der Waals surface area contributed by atoms with Crippen LogP contribution in [0.2, 0.25) is 0 Å². The molecule has 0 fully saturated rings. The van der Waals surface area contributed by atoms with E-state index in [1.54, 1.807) is 0 Å². The SMILES string of the molecule is CC(=O)OCC[N+](C)(C)Cc1ccccc1.CC(C)(C)C(=O)OCC[N+](C)(C)Cc1ccccc1.CCCC[N+](CC)(CCC)CCSCCc1ccccc1.CCCC[N+](CC)(CCC)CCSCc1ccccc1.CCC[N+](CC)(CCC)CCSCCc1ccccc1.CC[N+](CC)(CC)CCSCCc1ccccc1.C[N+](C)(C)CCSCCc1ccccc1. The number of hydrogen-bond donors (Lipinski definition) is 0. The first-order valence-electron chi connectivity index (χ1n) is 50.1. The third-order valence-corrected chi connectivity index (χ3v) is 29.5. The molecule has 0 heterocycles. The van der Waals surface area contributed by atoms with Crippen LogP contribution in [0, 0.1) is 5.41 Å². The van der Waals surface area contributed by atoms with E-state index in [0.717, 1.165) is 45.4 Å². The molecule has 2 atom stereocenters. The zero-order chi connectivity index (χ0) is 95.7. The van der Waals surface area contributed by atoms with Crippen molar-refractivity contribution in [2.75, 3.05) is 239 Å². The van der Waals surface area contributed by atoms with Crippen LogP contribution < -0.4 is 0 Å². The highest BCUT2D eigenvalue weighted by Crippen LogP contribution is 2.22. The average Bonchev–Trinajstić information content (AvgIpc) is 0.888. The minimum Gasteiger partial charge on any atom is -0.460 e. The van der Waals surface area contributed by atoms with Crippen molar-refractivity contribution in [3.8, 4) is 0 Å². The van der Waals surface area contributed by atoms with E-state index < -0.39 is 5.41 Å². The fraction of sp³-hybridized carbons (Fsp3) is 0.611. The molecule has 0 amide bonds. The van der Waals surface area contributed by atoms with Crippen LogP contribution in [0.1, 0.15) is 201 Å². The maximum absolute atomic E-state index is 11.7. The Hall–Kier alpha value is -5.05. The number of nitrogens with zero attached hydrogens (tertiary/aromatic N) is 7. The summed E-state index contributed by atoms with van der Waals surface area (Å²) in [4.78, 5) is 22.3. The van der Waals surface area contributed by atoms with E-state index in [2.05, 4.69) is 379 Å².